The van der Waals surface area contributed by atoms with E-state index < -0.39 is 15.9 Å². The zero-order valence-corrected chi connectivity index (χ0v) is 12.7. The van der Waals surface area contributed by atoms with Crippen molar-refractivity contribution in [1.29, 1.82) is 0 Å². The number of benzene rings is 1. The van der Waals surface area contributed by atoms with Gasteiger partial charge in [0.25, 0.3) is 0 Å². The molecule has 1 aliphatic carbocycles. The number of nitrogens with one attached hydrogen (secondary N) is 1. The summed E-state index contributed by atoms with van der Waals surface area (Å²) in [6, 6.07) is 6.90. The molecule has 0 aromatic heterocycles. The van der Waals surface area contributed by atoms with E-state index in [1.807, 2.05) is 6.07 Å². The molecular formula is C15H23NO3S. The van der Waals surface area contributed by atoms with Crippen molar-refractivity contribution in [3.8, 4) is 0 Å². The van der Waals surface area contributed by atoms with Crippen LogP contribution in [-0.4, -0.2) is 31.4 Å². The Balaban J connectivity index is 2.25. The van der Waals surface area contributed by atoms with Crippen molar-refractivity contribution in [1.82, 2.24) is 0 Å². The Labute approximate surface area is 121 Å². The molecular weight excluding hydrogens is 274 g/mol. The molecule has 1 aromatic rings. The third kappa shape index (κ3) is 3.52. The molecule has 1 aliphatic rings. The lowest BCUT2D eigenvalue weighted by Crippen LogP contribution is -2.33. The van der Waals surface area contributed by atoms with Gasteiger partial charge in [-0.3, -0.25) is 0 Å². The van der Waals surface area contributed by atoms with Crippen LogP contribution in [0.1, 0.15) is 39.0 Å². The highest BCUT2D eigenvalue weighted by Crippen LogP contribution is 2.26. The first-order chi connectivity index (χ1) is 9.54. The number of aliphatic hydroxyl groups is 1. The first-order valence-electron chi connectivity index (χ1n) is 7.31. The van der Waals surface area contributed by atoms with Gasteiger partial charge in [-0.05, 0) is 25.0 Å². The van der Waals surface area contributed by atoms with Gasteiger partial charge in [0, 0.05) is 0 Å². The van der Waals surface area contributed by atoms with E-state index >= 15 is 0 Å². The van der Waals surface area contributed by atoms with Gasteiger partial charge in [-0.25, -0.2) is 8.42 Å². The van der Waals surface area contributed by atoms with Gasteiger partial charge in [-0.15, -0.1) is 0 Å². The highest BCUT2D eigenvalue weighted by Gasteiger charge is 2.24. The number of sulfone groups is 1. The van der Waals surface area contributed by atoms with Crippen LogP contribution >= 0.6 is 0 Å². The van der Waals surface area contributed by atoms with E-state index in [0.29, 0.717) is 10.6 Å². The van der Waals surface area contributed by atoms with Crippen molar-refractivity contribution in [3.05, 3.63) is 24.3 Å². The predicted octanol–water partition coefficient (Wildman–Crippen LogP) is 2.59. The van der Waals surface area contributed by atoms with E-state index in [4.69, 9.17) is 0 Å². The fourth-order valence-corrected chi connectivity index (χ4v) is 3.73. The molecule has 112 valence electrons. The fraction of sp³-hybridized carbons (Fsp3) is 0.600. The van der Waals surface area contributed by atoms with Crippen molar-refractivity contribution in [2.45, 2.75) is 56.1 Å². The molecule has 0 amide bonds. The van der Waals surface area contributed by atoms with E-state index in [1.54, 1.807) is 25.1 Å². The molecule has 0 bridgehead atoms. The zero-order chi connectivity index (χ0) is 14.6. The summed E-state index contributed by atoms with van der Waals surface area (Å²) in [6.07, 6.45) is 4.48. The van der Waals surface area contributed by atoms with Crippen molar-refractivity contribution < 1.29 is 13.5 Å². The van der Waals surface area contributed by atoms with Gasteiger partial charge in [0.05, 0.1) is 28.5 Å². The summed E-state index contributed by atoms with van der Waals surface area (Å²) in [5.41, 5.74) is 0.611. The number of aliphatic hydroxyl groups excluding tert-OH is 1. The third-order valence-electron chi connectivity index (χ3n) is 3.92. The minimum atomic E-state index is -3.25. The van der Waals surface area contributed by atoms with Gasteiger partial charge in [0.15, 0.2) is 9.84 Å². The van der Waals surface area contributed by atoms with Crippen LogP contribution in [0.2, 0.25) is 0 Å². The maximum Gasteiger partial charge on any atom is 0.180 e. The Morgan fingerprint density at radius 1 is 1.20 bits per heavy atom. The van der Waals surface area contributed by atoms with E-state index in [2.05, 4.69) is 5.32 Å². The topological polar surface area (TPSA) is 66.4 Å². The molecule has 0 aliphatic heterocycles. The molecule has 1 saturated carbocycles. The molecule has 0 spiro atoms. The molecule has 20 heavy (non-hydrogen) atoms. The molecule has 4 nitrogen and oxygen atoms in total. The molecule has 1 aromatic carbocycles. The van der Waals surface area contributed by atoms with Gasteiger partial charge in [0.1, 0.15) is 0 Å². The van der Waals surface area contributed by atoms with Gasteiger partial charge >= 0.3 is 0 Å². The van der Waals surface area contributed by atoms with Crippen molar-refractivity contribution in [3.63, 3.8) is 0 Å². The smallest absolute Gasteiger partial charge is 0.180 e. The number of rotatable bonds is 4. The summed E-state index contributed by atoms with van der Waals surface area (Å²) in [5.74, 6) is 0.0823. The summed E-state index contributed by atoms with van der Waals surface area (Å²) >= 11 is 0. The van der Waals surface area contributed by atoms with Gasteiger partial charge in [-0.1, -0.05) is 38.3 Å². The fourth-order valence-electron chi connectivity index (χ4n) is 2.67. The van der Waals surface area contributed by atoms with Crippen LogP contribution in [0, 0.1) is 0 Å². The Kier molecular flexibility index (Phi) is 5.05. The Morgan fingerprint density at radius 3 is 2.65 bits per heavy atom. The van der Waals surface area contributed by atoms with E-state index in [1.165, 1.54) is 0 Å². The monoisotopic (exact) mass is 297 g/mol. The SMILES string of the molecule is CCS(=O)(=O)c1ccccc1NC1CCCCCC1O. The average Bonchev–Trinajstić information content (AvgIpc) is 2.65. The third-order valence-corrected chi connectivity index (χ3v) is 5.71. The van der Waals surface area contributed by atoms with Crippen LogP contribution in [0.5, 0.6) is 0 Å². The molecule has 2 rings (SSSR count). The minimum absolute atomic E-state index is 0.0642. The normalized spacial score (nSPS) is 24.1. The second-order valence-corrected chi connectivity index (χ2v) is 7.60. The summed E-state index contributed by atoms with van der Waals surface area (Å²) in [7, 11) is -3.25. The zero-order valence-electron chi connectivity index (χ0n) is 11.9. The summed E-state index contributed by atoms with van der Waals surface area (Å²) < 4.78 is 24.2. The summed E-state index contributed by atoms with van der Waals surface area (Å²) in [6.45, 7) is 1.65. The maximum absolute atomic E-state index is 12.1. The van der Waals surface area contributed by atoms with Crippen molar-refractivity contribution in [2.75, 3.05) is 11.1 Å². The van der Waals surface area contributed by atoms with Crippen LogP contribution in [0.15, 0.2) is 29.2 Å². The number of hydrogen-bond acceptors (Lipinski definition) is 4. The van der Waals surface area contributed by atoms with Crippen LogP contribution in [0.3, 0.4) is 0 Å². The number of para-hydroxylation sites is 1. The van der Waals surface area contributed by atoms with Gasteiger partial charge < -0.3 is 10.4 Å². The summed E-state index contributed by atoms with van der Waals surface area (Å²) in [4.78, 5) is 0.332. The molecule has 0 radical (unpaired) electrons. The summed E-state index contributed by atoms with van der Waals surface area (Å²) in [5, 5.41) is 13.4. The van der Waals surface area contributed by atoms with Crippen molar-refractivity contribution in [2.24, 2.45) is 0 Å². The number of anilines is 1. The highest BCUT2D eigenvalue weighted by atomic mass is 32.2. The molecule has 1 fully saturated rings. The Hall–Kier alpha value is -1.07. The Morgan fingerprint density at radius 2 is 1.90 bits per heavy atom. The first-order valence-corrected chi connectivity index (χ1v) is 8.96. The molecule has 5 heteroatoms. The van der Waals surface area contributed by atoms with Crippen LogP contribution in [0.25, 0.3) is 0 Å². The number of hydrogen-bond donors (Lipinski definition) is 2. The van der Waals surface area contributed by atoms with Crippen LogP contribution in [0.4, 0.5) is 5.69 Å². The lowest BCUT2D eigenvalue weighted by molar-refractivity contribution is 0.144. The molecule has 2 atom stereocenters. The van der Waals surface area contributed by atoms with Gasteiger partial charge in [-0.2, -0.15) is 0 Å². The molecule has 0 heterocycles. The van der Waals surface area contributed by atoms with E-state index in [9.17, 15) is 13.5 Å². The molecule has 2 unspecified atom stereocenters. The second-order valence-electron chi connectivity index (χ2n) is 5.36. The molecule has 0 saturated heterocycles. The lowest BCUT2D eigenvalue weighted by atomic mass is 10.1. The van der Waals surface area contributed by atoms with Gasteiger partial charge in [0.2, 0.25) is 0 Å². The second kappa shape index (κ2) is 6.59. The molecule has 2 N–H and O–H groups in total. The highest BCUT2D eigenvalue weighted by molar-refractivity contribution is 7.91. The van der Waals surface area contributed by atoms with E-state index in [-0.39, 0.29) is 11.8 Å². The quantitative estimate of drug-likeness (QED) is 0.838. The Bertz CT molecular complexity index is 542. The minimum Gasteiger partial charge on any atom is -0.391 e. The lowest BCUT2D eigenvalue weighted by Gasteiger charge is -2.24. The van der Waals surface area contributed by atoms with Crippen molar-refractivity contribution >= 4 is 15.5 Å². The van der Waals surface area contributed by atoms with Crippen LogP contribution in [-0.2, 0) is 9.84 Å². The average molecular weight is 297 g/mol. The largest absolute Gasteiger partial charge is 0.391 e. The maximum atomic E-state index is 12.1. The first kappa shape index (κ1) is 15.3. The van der Waals surface area contributed by atoms with E-state index in [0.717, 1.165) is 32.1 Å². The standard InChI is InChI=1S/C15H23NO3S/c1-2-20(18,19)15-11-7-6-9-13(15)16-12-8-4-3-5-10-14(12)17/h6-7,9,11-12,14,16-17H,2-5,8,10H2,1H3. The predicted molar refractivity (Wildman–Crippen MR) is 80.7 cm³/mol. The van der Waals surface area contributed by atoms with Crippen LogP contribution < -0.4 is 5.32 Å².